The molecule has 0 spiro atoms. The highest BCUT2D eigenvalue weighted by atomic mass is 15.2. The third-order valence-corrected chi connectivity index (χ3v) is 9.75. The molecular weight excluding hydrogens is 609 g/mol. The molecule has 9 aromatic rings. The maximum atomic E-state index is 5.36. The molecule has 0 saturated heterocycles. The first-order chi connectivity index (χ1) is 24.8. The molecule has 0 aliphatic carbocycles. The normalized spacial score (nSPS) is 12.0. The van der Waals surface area contributed by atoms with Gasteiger partial charge in [0, 0.05) is 38.7 Å². The Morgan fingerprint density at radius 2 is 0.940 bits per heavy atom. The molecule has 0 N–H and O–H groups in total. The lowest BCUT2D eigenvalue weighted by molar-refractivity contribution is 0.994. The van der Waals surface area contributed by atoms with E-state index in [2.05, 4.69) is 179 Å². The monoisotopic (exact) mass is 638 g/mol. The topological polar surface area (TPSA) is 34.0 Å². The first-order valence-electron chi connectivity index (χ1n) is 16.9. The minimum absolute atomic E-state index is 0.628. The van der Waals surface area contributed by atoms with Gasteiger partial charge in [-0.3, -0.25) is 4.57 Å². The number of para-hydroxylation sites is 3. The van der Waals surface area contributed by atoms with Gasteiger partial charge < -0.3 is 4.90 Å². The van der Waals surface area contributed by atoms with E-state index in [0.717, 1.165) is 66.9 Å². The molecule has 3 heterocycles. The molecule has 2 aromatic heterocycles. The maximum Gasteiger partial charge on any atom is 0.235 e. The minimum atomic E-state index is 0.628. The van der Waals surface area contributed by atoms with Crippen LogP contribution in [0.2, 0.25) is 0 Å². The Hall–Kier alpha value is -6.78. The second kappa shape index (κ2) is 11.4. The quantitative estimate of drug-likeness (QED) is 0.192. The van der Waals surface area contributed by atoms with E-state index < -0.39 is 0 Å². The summed E-state index contributed by atoms with van der Waals surface area (Å²) in [6.07, 6.45) is 0. The summed E-state index contributed by atoms with van der Waals surface area (Å²) < 4.78 is 2.29. The number of rotatable bonds is 4. The number of hydrogen-bond acceptors (Lipinski definition) is 3. The van der Waals surface area contributed by atoms with Crippen LogP contribution in [0.1, 0.15) is 0 Å². The van der Waals surface area contributed by atoms with Crippen molar-refractivity contribution in [2.45, 2.75) is 0 Å². The van der Waals surface area contributed by atoms with Crippen LogP contribution in [0.5, 0.6) is 0 Å². The fourth-order valence-electron chi connectivity index (χ4n) is 7.55. The first-order valence-corrected chi connectivity index (χ1v) is 16.9. The highest BCUT2D eigenvalue weighted by Crippen LogP contribution is 2.54. The third-order valence-electron chi connectivity index (χ3n) is 9.75. The molecule has 0 saturated carbocycles. The summed E-state index contributed by atoms with van der Waals surface area (Å²) in [5.41, 5.74) is 14.0. The Kier molecular flexibility index (Phi) is 6.46. The highest BCUT2D eigenvalue weighted by molar-refractivity contribution is 6.19. The van der Waals surface area contributed by atoms with Crippen LogP contribution in [-0.2, 0) is 0 Å². The Labute approximate surface area is 290 Å². The van der Waals surface area contributed by atoms with Crippen molar-refractivity contribution in [2.24, 2.45) is 0 Å². The lowest BCUT2D eigenvalue weighted by atomic mass is 9.94. The molecule has 0 radical (unpaired) electrons. The van der Waals surface area contributed by atoms with Gasteiger partial charge in [0.15, 0.2) is 0 Å². The van der Waals surface area contributed by atoms with Crippen LogP contribution in [0.15, 0.2) is 182 Å². The van der Waals surface area contributed by atoms with E-state index in [0.29, 0.717) is 5.95 Å². The van der Waals surface area contributed by atoms with Gasteiger partial charge in [0.05, 0.1) is 33.8 Å². The van der Waals surface area contributed by atoms with Crippen LogP contribution in [0.4, 0.5) is 17.1 Å². The molecule has 0 bridgehead atoms. The summed E-state index contributed by atoms with van der Waals surface area (Å²) >= 11 is 0. The molecule has 4 heteroatoms. The fourth-order valence-corrected chi connectivity index (χ4v) is 7.55. The molecule has 0 fully saturated rings. The molecule has 234 valence electrons. The highest BCUT2D eigenvalue weighted by Gasteiger charge is 2.30. The number of benzene rings is 7. The second-order valence-corrected chi connectivity index (χ2v) is 12.6. The largest absolute Gasteiger partial charge is 0.307 e. The molecule has 4 nitrogen and oxygen atoms in total. The van der Waals surface area contributed by atoms with E-state index in [9.17, 15) is 0 Å². The molecule has 1 aliphatic rings. The fraction of sp³-hybridized carbons (Fsp3) is 0. The Balaban J connectivity index is 1.39. The lowest BCUT2D eigenvalue weighted by Crippen LogP contribution is -2.13. The van der Waals surface area contributed by atoms with Gasteiger partial charge in [-0.1, -0.05) is 152 Å². The number of aromatic nitrogens is 3. The number of fused-ring (bicyclic) bond motifs is 9. The zero-order chi connectivity index (χ0) is 33.0. The van der Waals surface area contributed by atoms with Gasteiger partial charge in [0.1, 0.15) is 0 Å². The van der Waals surface area contributed by atoms with Crippen LogP contribution in [0.3, 0.4) is 0 Å². The molecule has 1 aliphatic heterocycles. The molecule has 7 aromatic carbocycles. The van der Waals surface area contributed by atoms with Gasteiger partial charge in [-0.2, -0.15) is 0 Å². The van der Waals surface area contributed by atoms with Crippen LogP contribution in [0.25, 0.3) is 72.5 Å². The van der Waals surface area contributed by atoms with E-state index in [1.54, 1.807) is 0 Å². The number of anilines is 3. The Morgan fingerprint density at radius 3 is 1.62 bits per heavy atom. The summed E-state index contributed by atoms with van der Waals surface area (Å²) in [6.45, 7) is 0. The smallest absolute Gasteiger partial charge is 0.235 e. The van der Waals surface area contributed by atoms with E-state index in [1.165, 1.54) is 16.7 Å². The van der Waals surface area contributed by atoms with Crippen molar-refractivity contribution in [3.05, 3.63) is 182 Å². The molecule has 0 unspecified atom stereocenters. The van der Waals surface area contributed by atoms with Crippen molar-refractivity contribution in [3.63, 3.8) is 0 Å². The van der Waals surface area contributed by atoms with Crippen molar-refractivity contribution in [2.75, 3.05) is 4.90 Å². The molecular formula is C46H30N4. The predicted molar refractivity (Wildman–Crippen MR) is 206 cm³/mol. The van der Waals surface area contributed by atoms with E-state index in [-0.39, 0.29) is 0 Å². The zero-order valence-electron chi connectivity index (χ0n) is 27.1. The minimum Gasteiger partial charge on any atom is -0.307 e. The van der Waals surface area contributed by atoms with Crippen molar-refractivity contribution in [1.82, 2.24) is 14.5 Å². The summed E-state index contributed by atoms with van der Waals surface area (Å²) in [4.78, 5) is 13.2. The average molecular weight is 639 g/mol. The van der Waals surface area contributed by atoms with Crippen molar-refractivity contribution >= 4 is 38.9 Å². The summed E-state index contributed by atoms with van der Waals surface area (Å²) in [7, 11) is 0. The molecule has 0 amide bonds. The number of nitrogens with zero attached hydrogens (tertiary/aromatic N) is 4. The van der Waals surface area contributed by atoms with Crippen LogP contribution >= 0.6 is 0 Å². The molecule has 0 atom stereocenters. The average Bonchev–Trinajstić information content (AvgIpc) is 3.47. The Morgan fingerprint density at radius 1 is 0.400 bits per heavy atom. The number of hydrogen-bond donors (Lipinski definition) is 0. The van der Waals surface area contributed by atoms with Gasteiger partial charge in [0.2, 0.25) is 5.95 Å². The van der Waals surface area contributed by atoms with Crippen molar-refractivity contribution in [3.8, 4) is 50.7 Å². The van der Waals surface area contributed by atoms with Crippen LogP contribution in [-0.4, -0.2) is 14.5 Å². The molecule has 50 heavy (non-hydrogen) atoms. The Bertz CT molecular complexity index is 2640. The van der Waals surface area contributed by atoms with Crippen molar-refractivity contribution < 1.29 is 0 Å². The first kappa shape index (κ1) is 28.3. The van der Waals surface area contributed by atoms with E-state index in [1.807, 2.05) is 12.1 Å². The van der Waals surface area contributed by atoms with E-state index >= 15 is 0 Å². The maximum absolute atomic E-state index is 5.36. The zero-order valence-corrected chi connectivity index (χ0v) is 27.1. The van der Waals surface area contributed by atoms with Gasteiger partial charge in [-0.25, -0.2) is 9.97 Å². The SMILES string of the molecule is c1ccc(-c2cc(-c3ccccc3)nc(-n3c4ccccc4c4ccc5c(c43)N(c3ccccc3)c3ccccc3-c3ccccc3-5)n2)cc1. The summed E-state index contributed by atoms with van der Waals surface area (Å²) in [5.74, 6) is 0.628. The predicted octanol–water partition coefficient (Wildman–Crippen LogP) is 12.0. The lowest BCUT2D eigenvalue weighted by Gasteiger charge is -2.28. The van der Waals surface area contributed by atoms with Crippen LogP contribution in [0, 0.1) is 0 Å². The van der Waals surface area contributed by atoms with Gasteiger partial charge in [-0.05, 0) is 41.5 Å². The van der Waals surface area contributed by atoms with Gasteiger partial charge >= 0.3 is 0 Å². The van der Waals surface area contributed by atoms with Crippen LogP contribution < -0.4 is 4.90 Å². The van der Waals surface area contributed by atoms with Gasteiger partial charge in [0.25, 0.3) is 0 Å². The third kappa shape index (κ3) is 4.39. The second-order valence-electron chi connectivity index (χ2n) is 12.6. The standard InChI is InChI=1S/C46H30N4/c1-4-16-31(17-5-1)40-30-41(32-18-6-2-7-19-32)48-46(47-40)50-43-27-15-13-25-37(43)39-29-28-38-35-23-11-10-22-34(35)36-24-12-14-26-42(36)49(44(38)45(39)50)33-20-8-3-9-21-33/h1-30H. The van der Waals surface area contributed by atoms with Gasteiger partial charge in [-0.15, -0.1) is 0 Å². The summed E-state index contributed by atoms with van der Waals surface area (Å²) in [6, 6.07) is 64.3. The summed E-state index contributed by atoms with van der Waals surface area (Å²) in [5, 5.41) is 2.30. The van der Waals surface area contributed by atoms with Crippen molar-refractivity contribution in [1.29, 1.82) is 0 Å². The molecule has 10 rings (SSSR count). The van der Waals surface area contributed by atoms with E-state index in [4.69, 9.17) is 9.97 Å².